The van der Waals surface area contributed by atoms with E-state index in [9.17, 15) is 4.79 Å². The molecule has 0 N–H and O–H groups in total. The third-order valence-corrected chi connectivity index (χ3v) is 3.87. The molecular formula is C16H24N2O3. The lowest BCUT2D eigenvalue weighted by Crippen LogP contribution is -2.42. The number of rotatable bonds is 6. The minimum Gasteiger partial charge on any atom is -0.382 e. The van der Waals surface area contributed by atoms with Gasteiger partial charge in [-0.25, -0.2) is 0 Å². The molecule has 0 bridgehead atoms. The van der Waals surface area contributed by atoms with E-state index in [-0.39, 0.29) is 12.0 Å². The molecule has 0 radical (unpaired) electrons. The van der Waals surface area contributed by atoms with Crippen molar-refractivity contribution >= 4 is 5.91 Å². The number of ether oxygens (including phenoxy) is 2. The van der Waals surface area contributed by atoms with E-state index in [1.165, 1.54) is 0 Å². The largest absolute Gasteiger partial charge is 0.382 e. The molecule has 1 aliphatic rings. The molecule has 5 nitrogen and oxygen atoms in total. The van der Waals surface area contributed by atoms with Gasteiger partial charge >= 0.3 is 0 Å². The predicted octanol–water partition coefficient (Wildman–Crippen LogP) is 1.59. The van der Waals surface area contributed by atoms with Crippen LogP contribution in [0.15, 0.2) is 18.3 Å². The molecule has 0 aliphatic carbocycles. The maximum absolute atomic E-state index is 12.3. The van der Waals surface area contributed by atoms with E-state index < -0.39 is 0 Å². The second-order valence-electron chi connectivity index (χ2n) is 5.39. The molecule has 1 aromatic rings. The minimum absolute atomic E-state index is 0.159. The zero-order valence-corrected chi connectivity index (χ0v) is 12.9. The van der Waals surface area contributed by atoms with Gasteiger partial charge in [0.15, 0.2) is 0 Å². The van der Waals surface area contributed by atoms with E-state index in [0.29, 0.717) is 19.6 Å². The number of likely N-dealkylation sites (tertiary alicyclic amines) is 1. The van der Waals surface area contributed by atoms with Crippen LogP contribution in [0.2, 0.25) is 0 Å². The summed E-state index contributed by atoms with van der Waals surface area (Å²) in [5.41, 5.74) is 1.95. The number of carbonyl (C=O) groups is 1. The van der Waals surface area contributed by atoms with Crippen molar-refractivity contribution in [2.75, 3.05) is 33.4 Å². The van der Waals surface area contributed by atoms with Gasteiger partial charge in [0.1, 0.15) is 0 Å². The number of nitrogens with zero attached hydrogens (tertiary/aromatic N) is 2. The monoisotopic (exact) mass is 292 g/mol. The number of aryl methyl sites for hydroxylation is 1. The van der Waals surface area contributed by atoms with Gasteiger partial charge in [-0.3, -0.25) is 9.78 Å². The molecule has 2 heterocycles. The lowest BCUT2D eigenvalue weighted by atomic mass is 10.1. The van der Waals surface area contributed by atoms with Crippen molar-refractivity contribution in [2.45, 2.75) is 32.3 Å². The summed E-state index contributed by atoms with van der Waals surface area (Å²) in [6, 6.07) is 3.89. The second kappa shape index (κ2) is 8.10. The Labute approximate surface area is 126 Å². The van der Waals surface area contributed by atoms with Crippen LogP contribution in [0.3, 0.4) is 0 Å². The van der Waals surface area contributed by atoms with Gasteiger partial charge in [-0.15, -0.1) is 0 Å². The molecule has 1 saturated heterocycles. The van der Waals surface area contributed by atoms with Gasteiger partial charge in [0.05, 0.1) is 31.4 Å². The number of aromatic nitrogens is 1. The molecule has 0 atom stereocenters. The van der Waals surface area contributed by atoms with Crippen LogP contribution < -0.4 is 0 Å². The molecule has 2 rings (SSSR count). The van der Waals surface area contributed by atoms with Gasteiger partial charge in [0.2, 0.25) is 5.91 Å². The number of pyridine rings is 1. The van der Waals surface area contributed by atoms with E-state index >= 15 is 0 Å². The SMILES string of the molecule is COCCOC1CCN(C(=O)Cc2ncccc2C)CC1. The van der Waals surface area contributed by atoms with Gasteiger partial charge in [-0.1, -0.05) is 6.07 Å². The van der Waals surface area contributed by atoms with Crippen molar-refractivity contribution in [1.82, 2.24) is 9.88 Å². The standard InChI is InChI=1S/C16H24N2O3/c1-13-4-3-7-17-15(13)12-16(19)18-8-5-14(6-9-18)21-11-10-20-2/h3-4,7,14H,5-6,8-12H2,1-2H3. The number of piperidine rings is 1. The predicted molar refractivity (Wildman–Crippen MR) is 80.1 cm³/mol. The topological polar surface area (TPSA) is 51.7 Å². The lowest BCUT2D eigenvalue weighted by molar-refractivity contribution is -0.133. The summed E-state index contributed by atoms with van der Waals surface area (Å²) in [5, 5.41) is 0. The van der Waals surface area contributed by atoms with Crippen LogP contribution in [0.25, 0.3) is 0 Å². The Kier molecular flexibility index (Phi) is 6.14. The summed E-state index contributed by atoms with van der Waals surface area (Å²) in [4.78, 5) is 18.5. The molecule has 1 aromatic heterocycles. The molecule has 1 fully saturated rings. The Balaban J connectivity index is 1.77. The molecule has 1 aliphatic heterocycles. The summed E-state index contributed by atoms with van der Waals surface area (Å²) >= 11 is 0. The van der Waals surface area contributed by atoms with Gasteiger partial charge < -0.3 is 14.4 Å². The maximum atomic E-state index is 12.3. The Hall–Kier alpha value is -1.46. The fourth-order valence-electron chi connectivity index (χ4n) is 2.53. The molecule has 0 saturated carbocycles. The molecule has 1 amide bonds. The van der Waals surface area contributed by atoms with Crippen LogP contribution in [-0.2, 0) is 20.7 Å². The smallest absolute Gasteiger partial charge is 0.228 e. The number of amides is 1. The Bertz CT molecular complexity index is 457. The van der Waals surface area contributed by atoms with Crippen LogP contribution >= 0.6 is 0 Å². The molecule has 5 heteroatoms. The van der Waals surface area contributed by atoms with Crippen molar-refractivity contribution in [2.24, 2.45) is 0 Å². The maximum Gasteiger partial charge on any atom is 0.228 e. The molecule has 0 unspecified atom stereocenters. The number of hydrogen-bond donors (Lipinski definition) is 0. The van der Waals surface area contributed by atoms with Gasteiger partial charge in [0, 0.05) is 26.4 Å². The Morgan fingerprint density at radius 3 is 2.81 bits per heavy atom. The molecular weight excluding hydrogens is 268 g/mol. The minimum atomic E-state index is 0.159. The number of carbonyl (C=O) groups excluding carboxylic acids is 1. The van der Waals surface area contributed by atoms with Crippen molar-refractivity contribution in [3.05, 3.63) is 29.6 Å². The normalized spacial score (nSPS) is 16.2. The van der Waals surface area contributed by atoms with Crippen molar-refractivity contribution < 1.29 is 14.3 Å². The number of methoxy groups -OCH3 is 1. The third-order valence-electron chi connectivity index (χ3n) is 3.87. The Morgan fingerprint density at radius 1 is 1.38 bits per heavy atom. The van der Waals surface area contributed by atoms with Crippen molar-refractivity contribution in [3.8, 4) is 0 Å². The fraction of sp³-hybridized carbons (Fsp3) is 0.625. The van der Waals surface area contributed by atoms with Crippen molar-refractivity contribution in [3.63, 3.8) is 0 Å². The lowest BCUT2D eigenvalue weighted by Gasteiger charge is -2.32. The highest BCUT2D eigenvalue weighted by Gasteiger charge is 2.23. The van der Waals surface area contributed by atoms with Gasteiger partial charge in [0.25, 0.3) is 0 Å². The van der Waals surface area contributed by atoms with Crippen LogP contribution in [0, 0.1) is 6.92 Å². The first-order valence-electron chi connectivity index (χ1n) is 7.49. The summed E-state index contributed by atoms with van der Waals surface area (Å²) in [6.45, 7) is 4.77. The van der Waals surface area contributed by atoms with E-state index in [2.05, 4.69) is 4.98 Å². The summed E-state index contributed by atoms with van der Waals surface area (Å²) in [6.07, 6.45) is 4.18. The average Bonchev–Trinajstić information content (AvgIpc) is 2.50. The highest BCUT2D eigenvalue weighted by atomic mass is 16.5. The van der Waals surface area contributed by atoms with Crippen LogP contribution in [0.5, 0.6) is 0 Å². The summed E-state index contributed by atoms with van der Waals surface area (Å²) in [5.74, 6) is 0.159. The van der Waals surface area contributed by atoms with Gasteiger partial charge in [-0.05, 0) is 31.4 Å². The quantitative estimate of drug-likeness (QED) is 0.747. The first kappa shape index (κ1) is 15.9. The second-order valence-corrected chi connectivity index (χ2v) is 5.39. The van der Waals surface area contributed by atoms with E-state index in [1.807, 2.05) is 24.0 Å². The highest BCUT2D eigenvalue weighted by Crippen LogP contribution is 2.15. The molecule has 21 heavy (non-hydrogen) atoms. The van der Waals surface area contributed by atoms with Gasteiger partial charge in [-0.2, -0.15) is 0 Å². The van der Waals surface area contributed by atoms with Crippen molar-refractivity contribution in [1.29, 1.82) is 0 Å². The summed E-state index contributed by atoms with van der Waals surface area (Å²) in [7, 11) is 1.67. The Morgan fingerprint density at radius 2 is 2.14 bits per heavy atom. The van der Waals surface area contributed by atoms with E-state index in [1.54, 1.807) is 13.3 Å². The first-order chi connectivity index (χ1) is 10.2. The third kappa shape index (κ3) is 4.79. The molecule has 116 valence electrons. The summed E-state index contributed by atoms with van der Waals surface area (Å²) < 4.78 is 10.7. The molecule has 0 spiro atoms. The van der Waals surface area contributed by atoms with E-state index in [4.69, 9.17) is 9.47 Å². The zero-order chi connectivity index (χ0) is 15.1. The van der Waals surface area contributed by atoms with E-state index in [0.717, 1.165) is 37.2 Å². The fourth-order valence-corrected chi connectivity index (χ4v) is 2.53. The molecule has 0 aromatic carbocycles. The van der Waals surface area contributed by atoms with Crippen LogP contribution in [0.4, 0.5) is 0 Å². The average molecular weight is 292 g/mol. The van der Waals surface area contributed by atoms with Crippen LogP contribution in [0.1, 0.15) is 24.1 Å². The zero-order valence-electron chi connectivity index (χ0n) is 12.9. The highest BCUT2D eigenvalue weighted by molar-refractivity contribution is 5.78. The van der Waals surface area contributed by atoms with Crippen LogP contribution in [-0.4, -0.2) is 55.3 Å². The number of hydrogen-bond acceptors (Lipinski definition) is 4. The first-order valence-corrected chi connectivity index (χ1v) is 7.49.